The third-order valence-corrected chi connectivity index (χ3v) is 6.05. The Bertz CT molecular complexity index is 909. The van der Waals surface area contributed by atoms with E-state index in [0.29, 0.717) is 37.2 Å². The van der Waals surface area contributed by atoms with Crippen LogP contribution in [-0.4, -0.2) is 18.3 Å². The fraction of sp³-hybridized carbons (Fsp3) is 0.545. The molecule has 1 aromatic carbocycles. The van der Waals surface area contributed by atoms with Gasteiger partial charge < -0.3 is 14.2 Å². The summed E-state index contributed by atoms with van der Waals surface area (Å²) in [5.41, 5.74) is -3.05. The normalized spacial score (nSPS) is 31.8. The van der Waals surface area contributed by atoms with E-state index in [1.165, 1.54) is 0 Å². The number of hydrogen-bond donors (Lipinski definition) is 1. The molecule has 0 saturated carbocycles. The van der Waals surface area contributed by atoms with E-state index in [2.05, 4.69) is 18.2 Å². The zero-order valence-electron chi connectivity index (χ0n) is 16.9. The van der Waals surface area contributed by atoms with Crippen LogP contribution in [0.2, 0.25) is 0 Å². The highest BCUT2D eigenvalue weighted by atomic mass is 16.7. The van der Waals surface area contributed by atoms with Crippen molar-refractivity contribution < 1.29 is 14.2 Å². The van der Waals surface area contributed by atoms with E-state index < -0.39 is 28.6 Å². The summed E-state index contributed by atoms with van der Waals surface area (Å²) in [7, 11) is 0. The molecule has 2 fully saturated rings. The zero-order chi connectivity index (χ0) is 21.3. The predicted molar refractivity (Wildman–Crippen MR) is 103 cm³/mol. The zero-order valence-corrected chi connectivity index (χ0v) is 16.9. The number of hydrogen-bond acceptors (Lipinski definition) is 7. The first-order chi connectivity index (χ1) is 13.9. The van der Waals surface area contributed by atoms with Gasteiger partial charge in [0, 0.05) is 6.42 Å². The first-order valence-corrected chi connectivity index (χ1v) is 9.87. The summed E-state index contributed by atoms with van der Waals surface area (Å²) >= 11 is 0. The van der Waals surface area contributed by atoms with Crippen molar-refractivity contribution in [1.82, 2.24) is 0 Å². The Morgan fingerprint density at radius 2 is 1.72 bits per heavy atom. The van der Waals surface area contributed by atoms with Gasteiger partial charge in [0.05, 0.1) is 30.7 Å². The largest absolute Gasteiger partial charge is 0.494 e. The summed E-state index contributed by atoms with van der Waals surface area (Å²) in [6.45, 7) is 6.22. The molecular weight excluding hydrogens is 368 g/mol. The fourth-order valence-electron chi connectivity index (χ4n) is 4.88. The van der Waals surface area contributed by atoms with Crippen LogP contribution in [0.5, 0.6) is 5.75 Å². The van der Waals surface area contributed by atoms with Crippen molar-refractivity contribution in [2.24, 2.45) is 16.7 Å². The Morgan fingerprint density at radius 3 is 2.21 bits per heavy atom. The molecule has 1 aromatic rings. The molecule has 2 aliphatic rings. The SMILES string of the molecule is CCCC12OC(=N)C(C#N)(C1CC)C(C#N)(C#N)C(c1ccc(OCC)cc1)O2. The third kappa shape index (κ3) is 2.53. The van der Waals surface area contributed by atoms with Gasteiger partial charge in [-0.05, 0) is 37.5 Å². The molecule has 0 radical (unpaired) electrons. The Hall–Kier alpha value is -3.08. The first kappa shape index (κ1) is 20.6. The minimum atomic E-state index is -1.92. The summed E-state index contributed by atoms with van der Waals surface area (Å²) in [6, 6.07) is 13.3. The molecule has 2 saturated heterocycles. The molecule has 0 spiro atoms. The maximum atomic E-state index is 10.3. The first-order valence-electron chi connectivity index (χ1n) is 9.87. The Labute approximate surface area is 170 Å². The smallest absolute Gasteiger partial charge is 0.217 e. The van der Waals surface area contributed by atoms with Gasteiger partial charge in [0.15, 0.2) is 5.41 Å². The summed E-state index contributed by atoms with van der Waals surface area (Å²) in [5.74, 6) is -1.50. The molecule has 1 N–H and O–H groups in total. The quantitative estimate of drug-likeness (QED) is 0.773. The average molecular weight is 392 g/mol. The number of fused-ring (bicyclic) bond motifs is 2. The van der Waals surface area contributed by atoms with Crippen molar-refractivity contribution in [3.63, 3.8) is 0 Å². The number of nitriles is 3. The lowest BCUT2D eigenvalue weighted by Gasteiger charge is -2.49. The summed E-state index contributed by atoms with van der Waals surface area (Å²) < 4.78 is 17.8. The van der Waals surface area contributed by atoms with Crippen molar-refractivity contribution in [1.29, 1.82) is 21.2 Å². The molecule has 4 atom stereocenters. The number of ether oxygens (including phenoxy) is 3. The molecule has 3 rings (SSSR count). The van der Waals surface area contributed by atoms with Crippen molar-refractivity contribution in [2.75, 3.05) is 6.61 Å². The predicted octanol–water partition coefficient (Wildman–Crippen LogP) is 4.23. The summed E-state index contributed by atoms with van der Waals surface area (Å²) in [5, 5.41) is 39.2. The van der Waals surface area contributed by atoms with Crippen molar-refractivity contribution >= 4 is 5.90 Å². The van der Waals surface area contributed by atoms with Crippen molar-refractivity contribution in [3.05, 3.63) is 29.8 Å². The van der Waals surface area contributed by atoms with E-state index in [1.54, 1.807) is 24.3 Å². The van der Waals surface area contributed by atoms with Gasteiger partial charge in [-0.25, -0.2) is 0 Å². The molecule has 29 heavy (non-hydrogen) atoms. The van der Waals surface area contributed by atoms with Gasteiger partial charge in [0.2, 0.25) is 17.1 Å². The number of rotatable bonds is 6. The van der Waals surface area contributed by atoms with Crippen LogP contribution in [0.25, 0.3) is 0 Å². The van der Waals surface area contributed by atoms with Gasteiger partial charge >= 0.3 is 0 Å². The van der Waals surface area contributed by atoms with Crippen molar-refractivity contribution in [3.8, 4) is 24.0 Å². The van der Waals surface area contributed by atoms with Crippen LogP contribution in [-0.2, 0) is 9.47 Å². The van der Waals surface area contributed by atoms with Crippen LogP contribution < -0.4 is 4.74 Å². The minimum absolute atomic E-state index is 0.350. The Balaban J connectivity index is 2.25. The summed E-state index contributed by atoms with van der Waals surface area (Å²) in [4.78, 5) is 0. The van der Waals surface area contributed by atoms with Crippen LogP contribution in [0.1, 0.15) is 51.7 Å². The Morgan fingerprint density at radius 1 is 1.07 bits per heavy atom. The van der Waals surface area contributed by atoms with E-state index in [-0.39, 0.29) is 5.90 Å². The molecule has 0 amide bonds. The van der Waals surface area contributed by atoms with Gasteiger partial charge in [0.1, 0.15) is 11.9 Å². The average Bonchev–Trinajstić information content (AvgIpc) is 2.92. The van der Waals surface area contributed by atoms with Gasteiger partial charge in [0.25, 0.3) is 0 Å². The lowest BCUT2D eigenvalue weighted by molar-refractivity contribution is -0.286. The standard InChI is InChI=1S/C22H24N4O3/c1-4-11-22-17(5-2)21(14-25,19(26)29-22)20(12-23,13-24)18(28-22)15-7-9-16(10-8-15)27-6-3/h7-10,17-18,26H,4-6,11H2,1-3H3. The van der Waals surface area contributed by atoms with E-state index in [0.717, 1.165) is 0 Å². The van der Waals surface area contributed by atoms with E-state index >= 15 is 0 Å². The van der Waals surface area contributed by atoms with Gasteiger partial charge in [-0.3, -0.25) is 5.41 Å². The highest BCUT2D eigenvalue weighted by Crippen LogP contribution is 2.68. The maximum absolute atomic E-state index is 10.3. The van der Waals surface area contributed by atoms with E-state index in [1.807, 2.05) is 20.8 Å². The van der Waals surface area contributed by atoms with Crippen LogP contribution in [0, 0.1) is 56.2 Å². The van der Waals surface area contributed by atoms with Crippen LogP contribution in [0.15, 0.2) is 24.3 Å². The van der Waals surface area contributed by atoms with Crippen LogP contribution in [0.3, 0.4) is 0 Å². The second-order valence-corrected chi connectivity index (χ2v) is 7.41. The molecule has 2 heterocycles. The minimum Gasteiger partial charge on any atom is -0.494 e. The molecule has 0 aliphatic carbocycles. The molecule has 2 aliphatic heterocycles. The summed E-state index contributed by atoms with van der Waals surface area (Å²) in [6.07, 6.45) is 0.562. The number of nitrogens with zero attached hydrogens (tertiary/aromatic N) is 3. The van der Waals surface area contributed by atoms with E-state index in [9.17, 15) is 15.8 Å². The maximum Gasteiger partial charge on any atom is 0.217 e. The molecule has 7 heteroatoms. The second kappa shape index (κ2) is 7.39. The van der Waals surface area contributed by atoms with Gasteiger partial charge in [-0.2, -0.15) is 15.8 Å². The van der Waals surface area contributed by atoms with Gasteiger partial charge in [-0.15, -0.1) is 0 Å². The van der Waals surface area contributed by atoms with Crippen molar-refractivity contribution in [2.45, 2.75) is 51.9 Å². The number of benzene rings is 1. The molecule has 4 unspecified atom stereocenters. The van der Waals surface area contributed by atoms with E-state index in [4.69, 9.17) is 19.6 Å². The highest BCUT2D eigenvalue weighted by molar-refractivity contribution is 5.89. The third-order valence-electron chi connectivity index (χ3n) is 6.05. The van der Waals surface area contributed by atoms with Gasteiger partial charge in [-0.1, -0.05) is 26.0 Å². The molecule has 150 valence electrons. The monoisotopic (exact) mass is 392 g/mol. The lowest BCUT2D eigenvalue weighted by atomic mass is 9.52. The molecule has 0 aromatic heterocycles. The fourth-order valence-corrected chi connectivity index (χ4v) is 4.88. The number of nitrogens with one attached hydrogen (secondary N) is 1. The lowest BCUT2D eigenvalue weighted by Crippen LogP contribution is -2.59. The Kier molecular flexibility index (Phi) is 5.26. The highest BCUT2D eigenvalue weighted by Gasteiger charge is 2.79. The van der Waals surface area contributed by atoms with Crippen LogP contribution >= 0.6 is 0 Å². The molecule has 2 bridgehead atoms. The van der Waals surface area contributed by atoms with Crippen LogP contribution in [0.4, 0.5) is 0 Å². The second-order valence-electron chi connectivity index (χ2n) is 7.41. The topological polar surface area (TPSA) is 123 Å². The molecular formula is C22H24N4O3. The molecule has 7 nitrogen and oxygen atoms in total.